The Balaban J connectivity index is 1.68. The fourth-order valence-corrected chi connectivity index (χ4v) is 6.02. The van der Waals surface area contributed by atoms with E-state index in [2.05, 4.69) is 0 Å². The van der Waals surface area contributed by atoms with Crippen molar-refractivity contribution in [2.75, 3.05) is 23.0 Å². The molecule has 2 saturated heterocycles. The van der Waals surface area contributed by atoms with E-state index in [1.807, 2.05) is 0 Å². The summed E-state index contributed by atoms with van der Waals surface area (Å²) in [7, 11) is -3.29. The third kappa shape index (κ3) is 3.59. The maximum Gasteiger partial charge on any atom is 0.241 e. The lowest BCUT2D eigenvalue weighted by Gasteiger charge is -2.43. The summed E-state index contributed by atoms with van der Waals surface area (Å²) in [6, 6.07) is 12.3. The van der Waals surface area contributed by atoms with E-state index >= 15 is 0 Å². The van der Waals surface area contributed by atoms with Crippen LogP contribution in [0.25, 0.3) is 0 Å². The van der Waals surface area contributed by atoms with E-state index in [-0.39, 0.29) is 42.4 Å². The Morgan fingerprint density at radius 1 is 1.04 bits per heavy atom. The lowest BCUT2D eigenvalue weighted by atomic mass is 10.0. The highest BCUT2D eigenvalue weighted by molar-refractivity contribution is 7.91. The second kappa shape index (κ2) is 6.89. The predicted molar refractivity (Wildman–Crippen MR) is 102 cm³/mol. The summed E-state index contributed by atoms with van der Waals surface area (Å²) in [5.74, 6) is -0.696. The molecule has 2 heterocycles. The van der Waals surface area contributed by atoms with Crippen molar-refractivity contribution in [3.05, 3.63) is 64.9 Å². The van der Waals surface area contributed by atoms with Crippen LogP contribution in [0.4, 0.5) is 10.1 Å². The normalized spacial score (nSPS) is 24.8. The number of nitrogens with zero attached hydrogens (tertiary/aromatic N) is 2. The van der Waals surface area contributed by atoms with Gasteiger partial charge >= 0.3 is 0 Å². The van der Waals surface area contributed by atoms with Crippen molar-refractivity contribution in [2.45, 2.75) is 18.6 Å². The van der Waals surface area contributed by atoms with E-state index in [9.17, 15) is 17.6 Å². The minimum absolute atomic E-state index is 0.0354. The molecule has 0 unspecified atom stereocenters. The lowest BCUT2D eigenvalue weighted by molar-refractivity contribution is -0.123. The van der Waals surface area contributed by atoms with Gasteiger partial charge in [0.2, 0.25) is 5.91 Å². The van der Waals surface area contributed by atoms with E-state index in [0.717, 1.165) is 0 Å². The van der Waals surface area contributed by atoms with Crippen LogP contribution in [0.2, 0.25) is 5.02 Å². The number of hydrogen-bond donors (Lipinski definition) is 0. The minimum Gasteiger partial charge on any atom is -0.306 e. The zero-order valence-electron chi connectivity index (χ0n) is 14.4. The monoisotopic (exact) mass is 408 g/mol. The van der Waals surface area contributed by atoms with Gasteiger partial charge in [0.15, 0.2) is 9.84 Å². The second-order valence-electron chi connectivity index (χ2n) is 6.95. The highest BCUT2D eigenvalue weighted by Crippen LogP contribution is 2.33. The van der Waals surface area contributed by atoms with E-state index < -0.39 is 15.9 Å². The summed E-state index contributed by atoms with van der Waals surface area (Å²) in [5, 5.41) is 0.542. The van der Waals surface area contributed by atoms with E-state index in [1.54, 1.807) is 52.3 Å². The molecule has 2 aliphatic rings. The molecule has 8 heteroatoms. The van der Waals surface area contributed by atoms with Gasteiger partial charge in [-0.3, -0.25) is 9.69 Å². The van der Waals surface area contributed by atoms with Gasteiger partial charge in [0.05, 0.1) is 24.1 Å². The van der Waals surface area contributed by atoms with Crippen LogP contribution in [0.1, 0.15) is 5.56 Å². The van der Waals surface area contributed by atoms with Crippen molar-refractivity contribution in [2.24, 2.45) is 0 Å². The highest BCUT2D eigenvalue weighted by atomic mass is 35.5. The Morgan fingerprint density at radius 3 is 2.41 bits per heavy atom. The molecule has 0 aromatic heterocycles. The molecule has 2 aliphatic heterocycles. The molecule has 2 fully saturated rings. The Kier molecular flexibility index (Phi) is 4.70. The molecule has 2 aromatic carbocycles. The van der Waals surface area contributed by atoms with Gasteiger partial charge in [0, 0.05) is 28.9 Å². The average molecular weight is 409 g/mol. The van der Waals surface area contributed by atoms with Crippen LogP contribution in [0, 0.1) is 5.82 Å². The Labute approximate surface area is 162 Å². The van der Waals surface area contributed by atoms with E-state index in [1.165, 1.54) is 6.07 Å². The Hall–Kier alpha value is -1.96. The van der Waals surface area contributed by atoms with Gasteiger partial charge in [-0.05, 0) is 30.3 Å². The standard InChI is InChI=1S/C19H18ClFN2O3S/c20-14-5-7-15(8-6-14)23-18-12-27(25,26)11-17(18)22(10-19(23)24)9-13-3-1-2-4-16(13)21/h1-8,17-18H,9-12H2/t17-,18-/m1/s1. The number of fused-ring (bicyclic) bond motifs is 1. The molecule has 27 heavy (non-hydrogen) atoms. The number of sulfone groups is 1. The summed E-state index contributed by atoms with van der Waals surface area (Å²) in [6.45, 7) is 0.233. The van der Waals surface area contributed by atoms with E-state index in [0.29, 0.717) is 16.3 Å². The topological polar surface area (TPSA) is 57.7 Å². The van der Waals surface area contributed by atoms with Crippen molar-refractivity contribution in [1.82, 2.24) is 4.90 Å². The molecular weight excluding hydrogens is 391 g/mol. The summed E-state index contributed by atoms with van der Waals surface area (Å²) >= 11 is 5.93. The number of anilines is 1. The first-order valence-electron chi connectivity index (χ1n) is 8.59. The van der Waals surface area contributed by atoms with Crippen molar-refractivity contribution in [3.8, 4) is 0 Å². The highest BCUT2D eigenvalue weighted by Gasteiger charge is 2.49. The maximum absolute atomic E-state index is 14.1. The van der Waals surface area contributed by atoms with Crippen LogP contribution in [-0.2, 0) is 21.2 Å². The van der Waals surface area contributed by atoms with Gasteiger partial charge in [-0.1, -0.05) is 29.8 Å². The minimum atomic E-state index is -3.29. The molecule has 2 atom stereocenters. The van der Waals surface area contributed by atoms with Crippen molar-refractivity contribution >= 4 is 33.0 Å². The number of rotatable bonds is 3. The smallest absolute Gasteiger partial charge is 0.241 e. The van der Waals surface area contributed by atoms with Crippen LogP contribution in [0.15, 0.2) is 48.5 Å². The molecule has 5 nitrogen and oxygen atoms in total. The van der Waals surface area contributed by atoms with Crippen LogP contribution in [0.3, 0.4) is 0 Å². The average Bonchev–Trinajstić information content (AvgIpc) is 2.93. The molecule has 0 N–H and O–H groups in total. The van der Waals surface area contributed by atoms with E-state index in [4.69, 9.17) is 11.6 Å². The zero-order valence-corrected chi connectivity index (χ0v) is 16.0. The maximum atomic E-state index is 14.1. The third-order valence-electron chi connectivity index (χ3n) is 5.14. The molecule has 0 bridgehead atoms. The van der Waals surface area contributed by atoms with Crippen LogP contribution in [-0.4, -0.2) is 49.4 Å². The number of benzene rings is 2. The molecule has 0 radical (unpaired) electrons. The summed E-state index contributed by atoms with van der Waals surface area (Å²) in [5.41, 5.74) is 1.08. The fraction of sp³-hybridized carbons (Fsp3) is 0.316. The lowest BCUT2D eigenvalue weighted by Crippen LogP contribution is -2.61. The van der Waals surface area contributed by atoms with Crippen LogP contribution < -0.4 is 4.90 Å². The SMILES string of the molecule is O=C1CN(Cc2ccccc2F)[C@@H]2CS(=O)(=O)C[C@H]2N1c1ccc(Cl)cc1. The van der Waals surface area contributed by atoms with Crippen LogP contribution in [0.5, 0.6) is 0 Å². The Bertz CT molecular complexity index is 981. The van der Waals surface area contributed by atoms with Crippen molar-refractivity contribution in [3.63, 3.8) is 0 Å². The number of carbonyl (C=O) groups excluding carboxylic acids is 1. The Morgan fingerprint density at radius 2 is 1.70 bits per heavy atom. The van der Waals surface area contributed by atoms with Gasteiger partial charge in [-0.2, -0.15) is 0 Å². The number of hydrogen-bond acceptors (Lipinski definition) is 4. The molecule has 142 valence electrons. The number of amides is 1. The molecule has 0 spiro atoms. The van der Waals surface area contributed by atoms with Gasteiger partial charge in [-0.15, -0.1) is 0 Å². The van der Waals surface area contributed by atoms with Crippen LogP contribution >= 0.6 is 11.6 Å². The first kappa shape index (κ1) is 18.4. The fourth-order valence-electron chi connectivity index (χ4n) is 3.91. The van der Waals surface area contributed by atoms with Gasteiger partial charge in [0.25, 0.3) is 0 Å². The number of halogens is 2. The first-order valence-corrected chi connectivity index (χ1v) is 10.8. The largest absolute Gasteiger partial charge is 0.306 e. The number of piperazine rings is 1. The molecule has 0 aliphatic carbocycles. The molecule has 1 amide bonds. The molecule has 2 aromatic rings. The predicted octanol–water partition coefficient (Wildman–Crippen LogP) is 2.49. The van der Waals surface area contributed by atoms with Gasteiger partial charge < -0.3 is 4.90 Å². The first-order chi connectivity index (χ1) is 12.8. The van der Waals surface area contributed by atoms with Crippen molar-refractivity contribution in [1.29, 1.82) is 0 Å². The third-order valence-corrected chi connectivity index (χ3v) is 7.09. The zero-order chi connectivity index (χ0) is 19.2. The number of carbonyl (C=O) groups is 1. The van der Waals surface area contributed by atoms with Crippen molar-refractivity contribution < 1.29 is 17.6 Å². The molecule has 0 saturated carbocycles. The molecule has 4 rings (SSSR count). The van der Waals surface area contributed by atoms with Gasteiger partial charge in [-0.25, -0.2) is 12.8 Å². The summed E-state index contributed by atoms with van der Waals surface area (Å²) in [4.78, 5) is 16.2. The summed E-state index contributed by atoms with van der Waals surface area (Å²) < 4.78 is 38.7. The quantitative estimate of drug-likeness (QED) is 0.783. The second-order valence-corrected chi connectivity index (χ2v) is 9.54. The van der Waals surface area contributed by atoms with Gasteiger partial charge in [0.1, 0.15) is 5.82 Å². The summed E-state index contributed by atoms with van der Waals surface area (Å²) in [6.07, 6.45) is 0. The molecular formula is C19H18ClFN2O3S.